The van der Waals surface area contributed by atoms with Gasteiger partial charge in [0.2, 0.25) is 0 Å². The van der Waals surface area contributed by atoms with Gasteiger partial charge in [0.15, 0.2) is 0 Å². The molecule has 3 unspecified atom stereocenters. The Bertz CT molecular complexity index is 365. The van der Waals surface area contributed by atoms with Crippen LogP contribution >= 0.6 is 0 Å². The van der Waals surface area contributed by atoms with Crippen LogP contribution in [0, 0.1) is 5.92 Å². The van der Waals surface area contributed by atoms with E-state index in [1.807, 2.05) is 0 Å². The molecule has 0 aromatic heterocycles. The second kappa shape index (κ2) is 8.43. The molecular formula is C18H29NO. The van der Waals surface area contributed by atoms with Gasteiger partial charge in [0.25, 0.3) is 0 Å². The lowest BCUT2D eigenvalue weighted by molar-refractivity contribution is 0.00140. The molecule has 3 atom stereocenters. The smallest absolute Gasteiger partial charge is 0.0665 e. The summed E-state index contributed by atoms with van der Waals surface area (Å²) in [5.41, 5.74) is 1.33. The van der Waals surface area contributed by atoms with Gasteiger partial charge in [0, 0.05) is 0 Å². The summed E-state index contributed by atoms with van der Waals surface area (Å²) in [6, 6.07) is 11.0. The molecule has 1 saturated carbocycles. The van der Waals surface area contributed by atoms with Crippen LogP contribution in [-0.4, -0.2) is 19.3 Å². The minimum Gasteiger partial charge on any atom is -0.376 e. The van der Waals surface area contributed by atoms with Crippen LogP contribution in [0.5, 0.6) is 0 Å². The van der Waals surface area contributed by atoms with Crippen LogP contribution in [0.1, 0.15) is 57.6 Å². The second-order valence-corrected chi connectivity index (χ2v) is 5.92. The molecule has 0 aliphatic heterocycles. The van der Waals surface area contributed by atoms with Gasteiger partial charge in [-0.3, -0.25) is 0 Å². The first-order valence-electron chi connectivity index (χ1n) is 8.23. The highest BCUT2D eigenvalue weighted by Gasteiger charge is 2.22. The molecule has 2 heteroatoms. The maximum Gasteiger partial charge on any atom is 0.0665 e. The monoisotopic (exact) mass is 275 g/mol. The molecule has 112 valence electrons. The summed E-state index contributed by atoms with van der Waals surface area (Å²) < 4.78 is 6.22. The molecule has 2 nitrogen and oxygen atoms in total. The normalized spacial score (nSPS) is 24.5. The Morgan fingerprint density at radius 3 is 2.70 bits per heavy atom. The summed E-state index contributed by atoms with van der Waals surface area (Å²) in [4.78, 5) is 0. The maximum absolute atomic E-state index is 6.22. The highest BCUT2D eigenvalue weighted by Crippen LogP contribution is 2.29. The molecule has 0 bridgehead atoms. The van der Waals surface area contributed by atoms with E-state index < -0.39 is 0 Å². The van der Waals surface area contributed by atoms with E-state index >= 15 is 0 Å². The van der Waals surface area contributed by atoms with Crippen LogP contribution in [0.25, 0.3) is 0 Å². The zero-order chi connectivity index (χ0) is 14.2. The van der Waals surface area contributed by atoms with E-state index in [0.717, 1.165) is 19.1 Å². The highest BCUT2D eigenvalue weighted by atomic mass is 16.5. The molecular weight excluding hydrogens is 246 g/mol. The first-order chi connectivity index (χ1) is 9.83. The fourth-order valence-electron chi connectivity index (χ4n) is 3.20. The average Bonchev–Trinajstić information content (AvgIpc) is 2.52. The minimum absolute atomic E-state index is 0.322. The van der Waals surface area contributed by atoms with Crippen molar-refractivity contribution >= 4 is 0 Å². The van der Waals surface area contributed by atoms with E-state index in [4.69, 9.17) is 4.74 Å². The maximum atomic E-state index is 6.22. The molecule has 1 aromatic carbocycles. The number of rotatable bonds is 7. The number of likely N-dealkylation sites (N-methyl/N-ethyl adjacent to an activating group) is 1. The van der Waals surface area contributed by atoms with Crippen molar-refractivity contribution in [2.75, 3.05) is 13.2 Å². The lowest BCUT2D eigenvalue weighted by Crippen LogP contribution is -2.30. The van der Waals surface area contributed by atoms with Crippen molar-refractivity contribution in [3.8, 4) is 0 Å². The predicted molar refractivity (Wildman–Crippen MR) is 84.8 cm³/mol. The van der Waals surface area contributed by atoms with Crippen molar-refractivity contribution in [1.82, 2.24) is 5.32 Å². The lowest BCUT2D eigenvalue weighted by Gasteiger charge is -2.30. The van der Waals surface area contributed by atoms with Crippen LogP contribution in [0.3, 0.4) is 0 Å². The van der Waals surface area contributed by atoms with Crippen molar-refractivity contribution in [1.29, 1.82) is 0 Å². The Labute approximate surface area is 123 Å². The van der Waals surface area contributed by atoms with E-state index in [1.54, 1.807) is 0 Å². The number of nitrogens with one attached hydrogen (secondary N) is 1. The number of hydrogen-bond donors (Lipinski definition) is 1. The van der Waals surface area contributed by atoms with E-state index in [2.05, 4.69) is 49.5 Å². The first-order valence-corrected chi connectivity index (χ1v) is 8.23. The lowest BCUT2D eigenvalue weighted by atomic mass is 9.85. The van der Waals surface area contributed by atoms with E-state index in [-0.39, 0.29) is 0 Å². The third-order valence-corrected chi connectivity index (χ3v) is 4.46. The predicted octanol–water partition coefficient (Wildman–Crippen LogP) is 4.32. The van der Waals surface area contributed by atoms with Gasteiger partial charge in [-0.25, -0.2) is 0 Å². The summed E-state index contributed by atoms with van der Waals surface area (Å²) in [5.74, 6) is 0.878. The molecule has 0 spiro atoms. The minimum atomic E-state index is 0.322. The van der Waals surface area contributed by atoms with Crippen LogP contribution in [0.4, 0.5) is 0 Å². The van der Waals surface area contributed by atoms with Gasteiger partial charge in [0.05, 0.1) is 18.8 Å². The summed E-state index contributed by atoms with van der Waals surface area (Å²) in [6.07, 6.45) is 6.99. The first kappa shape index (κ1) is 15.5. The van der Waals surface area contributed by atoms with Crippen molar-refractivity contribution in [3.05, 3.63) is 35.9 Å². The Kier molecular flexibility index (Phi) is 6.55. The number of benzene rings is 1. The SMILES string of the molecule is CCNC(COC1CCCC(CC)C1)c1ccccc1. The Hall–Kier alpha value is -0.860. The molecule has 2 rings (SSSR count). The molecule has 1 aromatic rings. The molecule has 20 heavy (non-hydrogen) atoms. The van der Waals surface area contributed by atoms with Gasteiger partial charge in [-0.2, -0.15) is 0 Å². The van der Waals surface area contributed by atoms with Crippen molar-refractivity contribution in [2.24, 2.45) is 5.92 Å². The standard InChI is InChI=1S/C18H29NO/c1-3-15-9-8-12-17(13-15)20-14-18(19-4-2)16-10-6-5-7-11-16/h5-7,10-11,15,17-19H,3-4,8-9,12-14H2,1-2H3. The summed E-state index contributed by atoms with van der Waals surface area (Å²) >= 11 is 0. The molecule has 0 amide bonds. The van der Waals surface area contributed by atoms with Crippen molar-refractivity contribution < 1.29 is 4.74 Å². The topological polar surface area (TPSA) is 21.3 Å². The van der Waals surface area contributed by atoms with Crippen LogP contribution < -0.4 is 5.32 Å². The fraction of sp³-hybridized carbons (Fsp3) is 0.667. The van der Waals surface area contributed by atoms with Gasteiger partial charge in [-0.1, -0.05) is 63.4 Å². The highest BCUT2D eigenvalue weighted by molar-refractivity contribution is 5.18. The molecule has 0 radical (unpaired) electrons. The molecule has 1 N–H and O–H groups in total. The third-order valence-electron chi connectivity index (χ3n) is 4.46. The summed E-state index contributed by atoms with van der Waals surface area (Å²) in [5, 5.41) is 3.54. The summed E-state index contributed by atoms with van der Waals surface area (Å²) in [7, 11) is 0. The van der Waals surface area contributed by atoms with Gasteiger partial charge >= 0.3 is 0 Å². The molecule has 1 aliphatic carbocycles. The second-order valence-electron chi connectivity index (χ2n) is 5.92. The van der Waals surface area contributed by atoms with Gasteiger partial charge in [-0.15, -0.1) is 0 Å². The summed E-state index contributed by atoms with van der Waals surface area (Å²) in [6.45, 7) is 6.23. The zero-order valence-corrected chi connectivity index (χ0v) is 13.0. The average molecular weight is 275 g/mol. The third kappa shape index (κ3) is 4.60. The Morgan fingerprint density at radius 1 is 1.20 bits per heavy atom. The molecule has 0 saturated heterocycles. The van der Waals surface area contributed by atoms with Crippen LogP contribution in [0.15, 0.2) is 30.3 Å². The quantitative estimate of drug-likeness (QED) is 0.800. The van der Waals surface area contributed by atoms with Crippen LogP contribution in [-0.2, 0) is 4.74 Å². The van der Waals surface area contributed by atoms with Crippen molar-refractivity contribution in [2.45, 2.75) is 58.1 Å². The largest absolute Gasteiger partial charge is 0.376 e. The Balaban J connectivity index is 1.86. The molecule has 1 fully saturated rings. The van der Waals surface area contributed by atoms with Crippen LogP contribution in [0.2, 0.25) is 0 Å². The zero-order valence-electron chi connectivity index (χ0n) is 13.0. The number of hydrogen-bond acceptors (Lipinski definition) is 2. The molecule has 0 heterocycles. The van der Waals surface area contributed by atoms with Gasteiger partial charge in [-0.05, 0) is 30.9 Å². The van der Waals surface area contributed by atoms with E-state index in [1.165, 1.54) is 37.7 Å². The fourth-order valence-corrected chi connectivity index (χ4v) is 3.20. The molecule has 1 aliphatic rings. The Morgan fingerprint density at radius 2 is 2.00 bits per heavy atom. The van der Waals surface area contributed by atoms with E-state index in [0.29, 0.717) is 12.1 Å². The van der Waals surface area contributed by atoms with Gasteiger partial charge < -0.3 is 10.1 Å². The number of ether oxygens (including phenoxy) is 1. The van der Waals surface area contributed by atoms with E-state index in [9.17, 15) is 0 Å². The van der Waals surface area contributed by atoms with Crippen molar-refractivity contribution in [3.63, 3.8) is 0 Å². The van der Waals surface area contributed by atoms with Gasteiger partial charge in [0.1, 0.15) is 0 Å².